The molecule has 1 aliphatic carbocycles. The van der Waals surface area contributed by atoms with Gasteiger partial charge in [0.1, 0.15) is 5.78 Å². The average Bonchev–Trinajstić information content (AvgIpc) is 2.66. The van der Waals surface area contributed by atoms with Gasteiger partial charge in [0.25, 0.3) is 0 Å². The first-order valence-electron chi connectivity index (χ1n) is 11.3. The van der Waals surface area contributed by atoms with Crippen molar-refractivity contribution in [1.29, 1.82) is 0 Å². The zero-order valence-corrected chi connectivity index (χ0v) is 19.5. The molecule has 0 N–H and O–H groups in total. The summed E-state index contributed by atoms with van der Waals surface area (Å²) in [6, 6.07) is 14.3. The molecule has 0 aliphatic heterocycles. The third-order valence-electron chi connectivity index (χ3n) is 6.28. The fraction of sp³-hybridized carbons (Fsp3) is 0.500. The molecule has 0 heterocycles. The fourth-order valence-electron chi connectivity index (χ4n) is 4.30. The van der Waals surface area contributed by atoms with Gasteiger partial charge in [-0.15, -0.1) is 0 Å². The summed E-state index contributed by atoms with van der Waals surface area (Å²) in [6.07, 6.45) is 4.21. The summed E-state index contributed by atoms with van der Waals surface area (Å²) in [5, 5.41) is 0. The number of hydrogen-bond acceptors (Lipinski definition) is 2. The van der Waals surface area contributed by atoms with E-state index in [0.717, 1.165) is 36.0 Å². The maximum absolute atomic E-state index is 13.7. The lowest BCUT2D eigenvalue weighted by Crippen LogP contribution is -2.20. The summed E-state index contributed by atoms with van der Waals surface area (Å²) in [6.45, 7) is 13.1. The third kappa shape index (κ3) is 5.28. The minimum Gasteiger partial charge on any atom is -0.300 e. The number of benzene rings is 2. The topological polar surface area (TPSA) is 34.1 Å². The Hall–Kier alpha value is -2.22. The zero-order valence-electron chi connectivity index (χ0n) is 19.5. The van der Waals surface area contributed by atoms with E-state index in [0.29, 0.717) is 24.5 Å². The molecule has 3 rings (SSSR count). The molecule has 0 saturated heterocycles. The van der Waals surface area contributed by atoms with Crippen molar-refractivity contribution < 1.29 is 9.59 Å². The van der Waals surface area contributed by atoms with Crippen molar-refractivity contribution in [3.8, 4) is 0 Å². The minimum atomic E-state index is -0.0295. The highest BCUT2D eigenvalue weighted by Gasteiger charge is 2.25. The number of ketones is 2. The minimum absolute atomic E-state index is 0.0295. The molecular weight excluding hydrogens is 368 g/mol. The Labute approximate surface area is 182 Å². The van der Waals surface area contributed by atoms with E-state index in [1.807, 2.05) is 18.2 Å². The predicted molar refractivity (Wildman–Crippen MR) is 124 cm³/mol. The van der Waals surface area contributed by atoms with Crippen molar-refractivity contribution in [2.24, 2.45) is 5.92 Å². The molecule has 2 aromatic rings. The number of carbonyl (C=O) groups is 2. The number of Topliss-reactive ketones (excluding diaryl/α,β-unsaturated/α-hetero) is 1. The molecule has 1 fully saturated rings. The van der Waals surface area contributed by atoms with Crippen LogP contribution in [-0.4, -0.2) is 11.6 Å². The van der Waals surface area contributed by atoms with Crippen molar-refractivity contribution >= 4 is 11.6 Å². The van der Waals surface area contributed by atoms with Crippen LogP contribution in [0.5, 0.6) is 0 Å². The summed E-state index contributed by atoms with van der Waals surface area (Å²) < 4.78 is 0. The van der Waals surface area contributed by atoms with Gasteiger partial charge in [0, 0.05) is 24.0 Å². The van der Waals surface area contributed by atoms with Crippen molar-refractivity contribution in [1.82, 2.24) is 0 Å². The number of hydrogen-bond donors (Lipinski definition) is 0. The first-order chi connectivity index (χ1) is 13.9. The predicted octanol–water partition coefficient (Wildman–Crippen LogP) is 6.81. The molecule has 0 unspecified atom stereocenters. The van der Waals surface area contributed by atoms with Crippen LogP contribution in [0.1, 0.15) is 99.8 Å². The Morgan fingerprint density at radius 2 is 1.53 bits per heavy atom. The van der Waals surface area contributed by atoms with Crippen LogP contribution in [0.4, 0.5) is 0 Å². The standard InChI is InChI=1S/C28H36O2/c1-27(2,3)22-16-21(17-23(18-22)28(4,5)6)26(30)25-13-8-7-11-20(25)14-19-10-9-12-24(29)15-19/h7-8,11,13,16-19H,9-10,12,14-15H2,1-6H3/t19-/m0/s1. The quantitative estimate of drug-likeness (QED) is 0.524. The molecule has 0 aromatic heterocycles. The molecule has 1 atom stereocenters. The van der Waals surface area contributed by atoms with Gasteiger partial charge in [-0.2, -0.15) is 0 Å². The number of carbonyl (C=O) groups excluding carboxylic acids is 2. The van der Waals surface area contributed by atoms with Crippen molar-refractivity contribution in [3.05, 3.63) is 70.3 Å². The summed E-state index contributed by atoms with van der Waals surface area (Å²) in [5.41, 5.74) is 4.93. The lowest BCUT2D eigenvalue weighted by molar-refractivity contribution is -0.121. The van der Waals surface area contributed by atoms with Crippen LogP contribution in [0.15, 0.2) is 42.5 Å². The van der Waals surface area contributed by atoms with Crippen LogP contribution in [0.3, 0.4) is 0 Å². The molecule has 2 heteroatoms. The van der Waals surface area contributed by atoms with E-state index in [2.05, 4.69) is 65.8 Å². The van der Waals surface area contributed by atoms with Gasteiger partial charge in [0.15, 0.2) is 5.78 Å². The van der Waals surface area contributed by atoms with Gasteiger partial charge in [-0.1, -0.05) is 71.9 Å². The Balaban J connectivity index is 2.00. The summed E-state index contributed by atoms with van der Waals surface area (Å²) in [7, 11) is 0. The van der Waals surface area contributed by atoms with Gasteiger partial charge in [-0.25, -0.2) is 0 Å². The molecule has 160 valence electrons. The smallest absolute Gasteiger partial charge is 0.193 e. The summed E-state index contributed by atoms with van der Waals surface area (Å²) in [5.74, 6) is 0.804. The lowest BCUT2D eigenvalue weighted by Gasteiger charge is -2.26. The van der Waals surface area contributed by atoms with E-state index in [-0.39, 0.29) is 16.6 Å². The first kappa shape index (κ1) is 22.5. The fourth-order valence-corrected chi connectivity index (χ4v) is 4.30. The Bertz CT molecular complexity index is 906. The maximum Gasteiger partial charge on any atom is 0.193 e. The summed E-state index contributed by atoms with van der Waals surface area (Å²) in [4.78, 5) is 25.6. The monoisotopic (exact) mass is 404 g/mol. The molecule has 2 nitrogen and oxygen atoms in total. The highest BCUT2D eigenvalue weighted by molar-refractivity contribution is 6.10. The summed E-state index contributed by atoms with van der Waals surface area (Å²) >= 11 is 0. The van der Waals surface area contributed by atoms with Crippen LogP contribution < -0.4 is 0 Å². The van der Waals surface area contributed by atoms with E-state index in [9.17, 15) is 9.59 Å². The van der Waals surface area contributed by atoms with Gasteiger partial charge in [0.05, 0.1) is 0 Å². The van der Waals surface area contributed by atoms with Crippen molar-refractivity contribution in [3.63, 3.8) is 0 Å². The van der Waals surface area contributed by atoms with Gasteiger partial charge in [0.2, 0.25) is 0 Å². The largest absolute Gasteiger partial charge is 0.300 e. The third-order valence-corrected chi connectivity index (χ3v) is 6.28. The van der Waals surface area contributed by atoms with Crippen LogP contribution in [0, 0.1) is 5.92 Å². The lowest BCUT2D eigenvalue weighted by atomic mass is 9.78. The molecular formula is C28H36O2. The first-order valence-corrected chi connectivity index (χ1v) is 11.3. The molecule has 2 aromatic carbocycles. The zero-order chi connectivity index (χ0) is 22.1. The molecule has 1 saturated carbocycles. The van der Waals surface area contributed by atoms with Gasteiger partial charge in [-0.05, 0) is 64.8 Å². The van der Waals surface area contributed by atoms with E-state index in [1.165, 1.54) is 11.1 Å². The van der Waals surface area contributed by atoms with E-state index >= 15 is 0 Å². The van der Waals surface area contributed by atoms with Crippen molar-refractivity contribution in [2.75, 3.05) is 0 Å². The Morgan fingerprint density at radius 3 is 2.10 bits per heavy atom. The number of rotatable bonds is 4. The average molecular weight is 405 g/mol. The van der Waals surface area contributed by atoms with Crippen molar-refractivity contribution in [2.45, 2.75) is 84.5 Å². The van der Waals surface area contributed by atoms with E-state index < -0.39 is 0 Å². The van der Waals surface area contributed by atoms with E-state index in [4.69, 9.17) is 0 Å². The second-order valence-corrected chi connectivity index (χ2v) is 11.0. The van der Waals surface area contributed by atoms with Gasteiger partial charge >= 0.3 is 0 Å². The Kier molecular flexibility index (Phi) is 6.36. The Morgan fingerprint density at radius 1 is 0.933 bits per heavy atom. The second-order valence-electron chi connectivity index (χ2n) is 11.0. The van der Waals surface area contributed by atoms with Crippen LogP contribution >= 0.6 is 0 Å². The molecule has 0 amide bonds. The van der Waals surface area contributed by atoms with Crippen LogP contribution in [-0.2, 0) is 22.0 Å². The molecule has 0 spiro atoms. The van der Waals surface area contributed by atoms with Gasteiger partial charge < -0.3 is 0 Å². The SMILES string of the molecule is CC(C)(C)c1cc(C(=O)c2ccccc2C[C@@H]2CCCC(=O)C2)cc(C(C)(C)C)c1. The van der Waals surface area contributed by atoms with E-state index in [1.54, 1.807) is 0 Å². The van der Waals surface area contributed by atoms with Gasteiger partial charge in [-0.3, -0.25) is 9.59 Å². The molecule has 1 aliphatic rings. The van der Waals surface area contributed by atoms with Crippen LogP contribution in [0.25, 0.3) is 0 Å². The highest BCUT2D eigenvalue weighted by atomic mass is 16.1. The maximum atomic E-state index is 13.7. The molecule has 30 heavy (non-hydrogen) atoms. The highest BCUT2D eigenvalue weighted by Crippen LogP contribution is 2.32. The second kappa shape index (κ2) is 8.49. The molecule has 0 radical (unpaired) electrons. The molecule has 0 bridgehead atoms. The van der Waals surface area contributed by atoms with Crippen LogP contribution in [0.2, 0.25) is 0 Å². The normalized spacial score (nSPS) is 17.8.